The first-order chi connectivity index (χ1) is 14.5. The van der Waals surface area contributed by atoms with Crippen molar-refractivity contribution in [2.24, 2.45) is 0 Å². The first-order valence-electron chi connectivity index (χ1n) is 10.3. The van der Waals surface area contributed by atoms with Crippen molar-refractivity contribution in [2.45, 2.75) is 43.5 Å². The van der Waals surface area contributed by atoms with Crippen LogP contribution in [-0.2, 0) is 21.2 Å². The minimum absolute atomic E-state index is 0.107. The zero-order valence-corrected chi connectivity index (χ0v) is 17.8. The third-order valence-electron chi connectivity index (χ3n) is 5.39. The standard InChI is InChI=1S/C22H26N2O5S/c1-2-4-16-6-8-17(9-7-16)23-22(25)19-5-3-12-24(19)30(26,27)18-10-11-20-21(15-18)29-14-13-28-20/h6-11,15,19H,2-5,12-14H2,1H3,(H,23,25). The molecule has 0 bridgehead atoms. The van der Waals surface area contributed by atoms with Crippen molar-refractivity contribution in [3.63, 3.8) is 0 Å². The summed E-state index contributed by atoms with van der Waals surface area (Å²) in [7, 11) is -3.84. The second-order valence-corrected chi connectivity index (χ2v) is 9.41. The average Bonchev–Trinajstić information content (AvgIpc) is 3.26. The number of aryl methyl sites for hydroxylation is 1. The maximum absolute atomic E-state index is 13.3. The summed E-state index contributed by atoms with van der Waals surface area (Å²) in [6.45, 7) is 3.24. The van der Waals surface area contributed by atoms with Gasteiger partial charge in [-0.05, 0) is 49.1 Å². The van der Waals surface area contributed by atoms with E-state index >= 15 is 0 Å². The number of carbonyl (C=O) groups is 1. The number of sulfonamides is 1. The molecular formula is C22H26N2O5S. The average molecular weight is 431 g/mol. The summed E-state index contributed by atoms with van der Waals surface area (Å²) in [6, 6.07) is 11.5. The van der Waals surface area contributed by atoms with Crippen LogP contribution in [0.2, 0.25) is 0 Å². The third-order valence-corrected chi connectivity index (χ3v) is 7.29. The molecule has 1 saturated heterocycles. The Morgan fingerprint density at radius 1 is 1.10 bits per heavy atom. The number of carbonyl (C=O) groups excluding carboxylic acids is 1. The number of amides is 1. The summed E-state index contributed by atoms with van der Waals surface area (Å²) in [6.07, 6.45) is 3.17. The molecule has 1 amide bonds. The van der Waals surface area contributed by atoms with Gasteiger partial charge >= 0.3 is 0 Å². The minimum Gasteiger partial charge on any atom is -0.486 e. The lowest BCUT2D eigenvalue weighted by molar-refractivity contribution is -0.119. The highest BCUT2D eigenvalue weighted by atomic mass is 32.2. The van der Waals surface area contributed by atoms with Crippen LogP contribution in [0.5, 0.6) is 11.5 Å². The number of nitrogens with zero attached hydrogens (tertiary/aromatic N) is 1. The maximum atomic E-state index is 13.3. The number of anilines is 1. The van der Waals surface area contributed by atoms with Crippen LogP contribution in [-0.4, -0.2) is 44.4 Å². The lowest BCUT2D eigenvalue weighted by atomic mass is 10.1. The summed E-state index contributed by atoms with van der Waals surface area (Å²) in [5.41, 5.74) is 1.88. The molecule has 0 radical (unpaired) electrons. The van der Waals surface area contributed by atoms with E-state index in [1.807, 2.05) is 24.3 Å². The predicted molar refractivity (Wildman–Crippen MR) is 113 cm³/mol. The Morgan fingerprint density at radius 3 is 2.57 bits per heavy atom. The van der Waals surface area contributed by atoms with Gasteiger partial charge in [-0.1, -0.05) is 25.5 Å². The summed E-state index contributed by atoms with van der Waals surface area (Å²) < 4.78 is 38.8. The van der Waals surface area contributed by atoms with Crippen molar-refractivity contribution in [1.29, 1.82) is 0 Å². The van der Waals surface area contributed by atoms with E-state index < -0.39 is 16.1 Å². The molecule has 0 spiro atoms. The lowest BCUT2D eigenvalue weighted by Gasteiger charge is -2.24. The number of fused-ring (bicyclic) bond motifs is 1. The first-order valence-corrected chi connectivity index (χ1v) is 11.7. The Morgan fingerprint density at radius 2 is 1.83 bits per heavy atom. The van der Waals surface area contributed by atoms with Crippen molar-refractivity contribution in [1.82, 2.24) is 4.31 Å². The number of hydrogen-bond acceptors (Lipinski definition) is 5. The van der Waals surface area contributed by atoms with Gasteiger partial charge in [-0.2, -0.15) is 4.31 Å². The molecule has 30 heavy (non-hydrogen) atoms. The summed E-state index contributed by atoms with van der Waals surface area (Å²) in [5.74, 6) is 0.633. The molecule has 2 aromatic rings. The highest BCUT2D eigenvalue weighted by Crippen LogP contribution is 2.35. The van der Waals surface area contributed by atoms with E-state index in [-0.39, 0.29) is 10.8 Å². The molecule has 1 N–H and O–H groups in total. The molecule has 4 rings (SSSR count). The molecule has 2 aliphatic heterocycles. The maximum Gasteiger partial charge on any atom is 0.243 e. The van der Waals surface area contributed by atoms with Crippen LogP contribution < -0.4 is 14.8 Å². The van der Waals surface area contributed by atoms with Gasteiger partial charge in [0.2, 0.25) is 15.9 Å². The highest BCUT2D eigenvalue weighted by Gasteiger charge is 2.39. The molecule has 2 aliphatic rings. The molecule has 1 atom stereocenters. The summed E-state index contributed by atoms with van der Waals surface area (Å²) in [5, 5.41) is 2.87. The molecule has 1 fully saturated rings. The van der Waals surface area contributed by atoms with Crippen LogP contribution in [0.3, 0.4) is 0 Å². The van der Waals surface area contributed by atoms with Gasteiger partial charge in [-0.15, -0.1) is 0 Å². The van der Waals surface area contributed by atoms with Crippen molar-refractivity contribution in [3.05, 3.63) is 48.0 Å². The number of rotatable bonds is 6. The van der Waals surface area contributed by atoms with Gasteiger partial charge in [0.15, 0.2) is 11.5 Å². The van der Waals surface area contributed by atoms with E-state index in [2.05, 4.69) is 12.2 Å². The number of ether oxygens (including phenoxy) is 2. The fourth-order valence-electron chi connectivity index (χ4n) is 3.88. The van der Waals surface area contributed by atoms with Gasteiger partial charge in [-0.25, -0.2) is 8.42 Å². The molecule has 2 heterocycles. The van der Waals surface area contributed by atoms with E-state index in [1.165, 1.54) is 22.0 Å². The van der Waals surface area contributed by atoms with Crippen LogP contribution in [0.15, 0.2) is 47.4 Å². The van der Waals surface area contributed by atoms with Crippen LogP contribution in [0.25, 0.3) is 0 Å². The molecule has 0 saturated carbocycles. The van der Waals surface area contributed by atoms with Crippen molar-refractivity contribution >= 4 is 21.6 Å². The lowest BCUT2D eigenvalue weighted by Crippen LogP contribution is -2.43. The predicted octanol–water partition coefficient (Wildman–Crippen LogP) is 3.20. The zero-order chi connectivity index (χ0) is 21.1. The van der Waals surface area contributed by atoms with Gasteiger partial charge < -0.3 is 14.8 Å². The number of hydrogen-bond donors (Lipinski definition) is 1. The van der Waals surface area contributed by atoms with Crippen LogP contribution in [0.1, 0.15) is 31.7 Å². The minimum atomic E-state index is -3.84. The Bertz CT molecular complexity index is 1020. The molecule has 1 unspecified atom stereocenters. The highest BCUT2D eigenvalue weighted by molar-refractivity contribution is 7.89. The van der Waals surface area contributed by atoms with Crippen LogP contribution in [0.4, 0.5) is 5.69 Å². The van der Waals surface area contributed by atoms with Gasteiger partial charge in [0, 0.05) is 18.3 Å². The van der Waals surface area contributed by atoms with Gasteiger partial charge in [0.1, 0.15) is 19.3 Å². The topological polar surface area (TPSA) is 84.9 Å². The second kappa shape index (κ2) is 8.65. The summed E-state index contributed by atoms with van der Waals surface area (Å²) >= 11 is 0. The summed E-state index contributed by atoms with van der Waals surface area (Å²) in [4.78, 5) is 13.0. The molecule has 7 nitrogen and oxygen atoms in total. The largest absolute Gasteiger partial charge is 0.486 e. The third kappa shape index (κ3) is 4.15. The van der Waals surface area contributed by atoms with E-state index in [1.54, 1.807) is 6.07 Å². The van der Waals surface area contributed by atoms with E-state index in [0.717, 1.165) is 12.8 Å². The number of benzene rings is 2. The van der Waals surface area contributed by atoms with E-state index in [9.17, 15) is 13.2 Å². The Labute approximate surface area is 177 Å². The fourth-order valence-corrected chi connectivity index (χ4v) is 5.55. The molecule has 8 heteroatoms. The molecule has 0 aliphatic carbocycles. The zero-order valence-electron chi connectivity index (χ0n) is 17.0. The first kappa shape index (κ1) is 20.7. The van der Waals surface area contributed by atoms with Crippen molar-refractivity contribution < 1.29 is 22.7 Å². The van der Waals surface area contributed by atoms with E-state index in [0.29, 0.717) is 49.8 Å². The Balaban J connectivity index is 1.51. The monoisotopic (exact) mass is 430 g/mol. The van der Waals surface area contributed by atoms with Gasteiger partial charge in [0.05, 0.1) is 4.90 Å². The Kier molecular flexibility index (Phi) is 5.97. The normalized spacial score (nSPS) is 18.9. The van der Waals surface area contributed by atoms with E-state index in [4.69, 9.17) is 9.47 Å². The fraction of sp³-hybridized carbons (Fsp3) is 0.409. The quantitative estimate of drug-likeness (QED) is 0.761. The smallest absolute Gasteiger partial charge is 0.243 e. The van der Waals surface area contributed by atoms with Crippen LogP contribution >= 0.6 is 0 Å². The van der Waals surface area contributed by atoms with Crippen LogP contribution in [0, 0.1) is 0 Å². The second-order valence-electron chi connectivity index (χ2n) is 7.52. The van der Waals surface area contributed by atoms with Gasteiger partial charge in [-0.3, -0.25) is 4.79 Å². The molecular weight excluding hydrogens is 404 g/mol. The molecule has 160 valence electrons. The van der Waals surface area contributed by atoms with Crippen molar-refractivity contribution in [3.8, 4) is 11.5 Å². The number of nitrogens with one attached hydrogen (secondary N) is 1. The van der Waals surface area contributed by atoms with Crippen molar-refractivity contribution in [2.75, 3.05) is 25.1 Å². The van der Waals surface area contributed by atoms with Gasteiger partial charge in [0.25, 0.3) is 0 Å². The molecule has 2 aromatic carbocycles. The molecule has 0 aromatic heterocycles. The SMILES string of the molecule is CCCc1ccc(NC(=O)C2CCCN2S(=O)(=O)c2ccc3c(c2)OCCO3)cc1. The Hall–Kier alpha value is -2.58.